The Morgan fingerprint density at radius 3 is 2.24 bits per heavy atom. The average Bonchev–Trinajstić information content (AvgIpc) is 3.19. The summed E-state index contributed by atoms with van der Waals surface area (Å²) >= 11 is 0. The predicted octanol–water partition coefficient (Wildman–Crippen LogP) is 3.90. The maximum atomic E-state index is 6.44. The molecule has 0 amide bonds. The number of anilines is 1. The third-order valence-corrected chi connectivity index (χ3v) is 7.02. The second-order valence-electron chi connectivity index (χ2n) is 8.69. The summed E-state index contributed by atoms with van der Waals surface area (Å²) in [7, 11) is 0. The van der Waals surface area contributed by atoms with Gasteiger partial charge in [-0.25, -0.2) is 0 Å². The van der Waals surface area contributed by atoms with Crippen LogP contribution in [-0.2, 0) is 5.41 Å². The molecule has 1 aromatic rings. The van der Waals surface area contributed by atoms with Crippen molar-refractivity contribution in [3.8, 4) is 0 Å². The highest BCUT2D eigenvalue weighted by molar-refractivity contribution is 5.46. The zero-order valence-corrected chi connectivity index (χ0v) is 13.1. The van der Waals surface area contributed by atoms with Crippen molar-refractivity contribution < 1.29 is 0 Å². The summed E-state index contributed by atoms with van der Waals surface area (Å²) in [5.74, 6) is 3.72. The SMILES string of the molecule is CC(C1CC1)n1cc(N)c(C23CC4CC(CC(C4)C2)C3)n1. The highest BCUT2D eigenvalue weighted by Gasteiger charge is 2.53. The van der Waals surface area contributed by atoms with E-state index in [1.54, 1.807) is 0 Å². The third kappa shape index (κ3) is 1.82. The van der Waals surface area contributed by atoms with E-state index in [0.717, 1.165) is 29.4 Å². The van der Waals surface area contributed by atoms with E-state index in [2.05, 4.69) is 17.8 Å². The molecule has 1 unspecified atom stereocenters. The van der Waals surface area contributed by atoms with Crippen LogP contribution in [0, 0.1) is 23.7 Å². The van der Waals surface area contributed by atoms with E-state index in [0.29, 0.717) is 11.5 Å². The highest BCUT2D eigenvalue weighted by Crippen LogP contribution is 2.61. The number of aromatic nitrogens is 2. The largest absolute Gasteiger partial charge is 0.396 e. The molecular weight excluding hydrogens is 258 g/mol. The number of rotatable bonds is 3. The quantitative estimate of drug-likeness (QED) is 0.915. The number of nitrogen functional groups attached to an aromatic ring is 1. The van der Waals surface area contributed by atoms with Crippen LogP contribution in [0.2, 0.25) is 0 Å². The van der Waals surface area contributed by atoms with E-state index in [1.165, 1.54) is 57.1 Å². The first-order valence-electron chi connectivity index (χ1n) is 8.98. The van der Waals surface area contributed by atoms with Crippen LogP contribution in [0.15, 0.2) is 6.20 Å². The van der Waals surface area contributed by atoms with Gasteiger partial charge in [-0.15, -0.1) is 0 Å². The van der Waals surface area contributed by atoms with Crippen molar-refractivity contribution in [2.75, 3.05) is 5.73 Å². The van der Waals surface area contributed by atoms with Gasteiger partial charge in [-0.2, -0.15) is 5.10 Å². The van der Waals surface area contributed by atoms with Crippen LogP contribution in [-0.4, -0.2) is 9.78 Å². The molecule has 0 aliphatic heterocycles. The average molecular weight is 285 g/mol. The zero-order chi connectivity index (χ0) is 14.2. The first-order valence-corrected chi connectivity index (χ1v) is 8.98. The van der Waals surface area contributed by atoms with Crippen molar-refractivity contribution in [1.29, 1.82) is 0 Å². The van der Waals surface area contributed by atoms with Crippen molar-refractivity contribution in [2.45, 2.75) is 69.7 Å². The lowest BCUT2D eigenvalue weighted by Gasteiger charge is -2.56. The molecular formula is C18H27N3. The molecule has 5 aliphatic carbocycles. The molecule has 114 valence electrons. The summed E-state index contributed by atoms with van der Waals surface area (Å²) in [6, 6.07) is 0.537. The summed E-state index contributed by atoms with van der Waals surface area (Å²) < 4.78 is 2.20. The fourth-order valence-electron chi connectivity index (χ4n) is 6.22. The minimum absolute atomic E-state index is 0.341. The molecule has 0 saturated heterocycles. The van der Waals surface area contributed by atoms with E-state index in [4.69, 9.17) is 10.8 Å². The Kier molecular flexibility index (Phi) is 2.42. The van der Waals surface area contributed by atoms with Crippen molar-refractivity contribution in [1.82, 2.24) is 9.78 Å². The number of nitrogens with zero attached hydrogens (tertiary/aromatic N) is 2. The van der Waals surface area contributed by atoms with Gasteiger partial charge in [0, 0.05) is 11.6 Å². The van der Waals surface area contributed by atoms with Crippen LogP contribution in [0.1, 0.15) is 70.0 Å². The standard InChI is InChI=1S/C18H27N3/c1-11(15-2-3-15)21-10-16(19)17(20-21)18-7-12-4-13(8-18)6-14(5-12)9-18/h10-15H,2-9,19H2,1H3. The van der Waals surface area contributed by atoms with E-state index >= 15 is 0 Å². The molecule has 4 bridgehead atoms. The van der Waals surface area contributed by atoms with Gasteiger partial charge in [-0.05, 0) is 82.0 Å². The molecule has 0 spiro atoms. The topological polar surface area (TPSA) is 43.8 Å². The number of hydrogen-bond donors (Lipinski definition) is 1. The molecule has 3 nitrogen and oxygen atoms in total. The first kappa shape index (κ1) is 12.5. The summed E-state index contributed by atoms with van der Waals surface area (Å²) in [4.78, 5) is 0. The molecule has 5 saturated carbocycles. The summed E-state index contributed by atoms with van der Waals surface area (Å²) in [5.41, 5.74) is 9.03. The van der Waals surface area contributed by atoms with Crippen LogP contribution in [0.4, 0.5) is 5.69 Å². The van der Waals surface area contributed by atoms with Crippen molar-refractivity contribution in [3.63, 3.8) is 0 Å². The molecule has 5 aliphatic rings. The minimum atomic E-state index is 0.341. The lowest BCUT2D eigenvalue weighted by Crippen LogP contribution is -2.49. The van der Waals surface area contributed by atoms with Gasteiger partial charge < -0.3 is 5.73 Å². The predicted molar refractivity (Wildman–Crippen MR) is 83.9 cm³/mol. The van der Waals surface area contributed by atoms with E-state index in [-0.39, 0.29) is 0 Å². The Bertz CT molecular complexity index is 534. The van der Waals surface area contributed by atoms with Gasteiger partial charge in [-0.1, -0.05) is 0 Å². The van der Waals surface area contributed by atoms with Gasteiger partial charge in [-0.3, -0.25) is 4.68 Å². The fourth-order valence-corrected chi connectivity index (χ4v) is 6.22. The zero-order valence-electron chi connectivity index (χ0n) is 13.1. The molecule has 0 aromatic carbocycles. The summed E-state index contributed by atoms with van der Waals surface area (Å²) in [6.45, 7) is 2.31. The Balaban J connectivity index is 1.52. The summed E-state index contributed by atoms with van der Waals surface area (Å²) in [6.07, 6.45) is 13.4. The van der Waals surface area contributed by atoms with Gasteiger partial charge in [0.1, 0.15) is 0 Å². The molecule has 5 fully saturated rings. The summed E-state index contributed by atoms with van der Waals surface area (Å²) in [5, 5.41) is 5.05. The lowest BCUT2D eigenvalue weighted by molar-refractivity contribution is -0.00722. The van der Waals surface area contributed by atoms with Crippen LogP contribution in [0.5, 0.6) is 0 Å². The van der Waals surface area contributed by atoms with Gasteiger partial charge in [0.15, 0.2) is 0 Å². The third-order valence-electron chi connectivity index (χ3n) is 7.02. The van der Waals surface area contributed by atoms with Gasteiger partial charge in [0.25, 0.3) is 0 Å². The Morgan fingerprint density at radius 2 is 1.71 bits per heavy atom. The van der Waals surface area contributed by atoms with Gasteiger partial charge in [0.05, 0.1) is 17.4 Å². The van der Waals surface area contributed by atoms with Gasteiger partial charge in [0.2, 0.25) is 0 Å². The molecule has 1 aromatic heterocycles. The Morgan fingerprint density at radius 1 is 1.14 bits per heavy atom. The highest BCUT2D eigenvalue weighted by atomic mass is 15.3. The minimum Gasteiger partial charge on any atom is -0.396 e. The molecule has 21 heavy (non-hydrogen) atoms. The fraction of sp³-hybridized carbons (Fsp3) is 0.833. The number of nitrogens with two attached hydrogens (primary N) is 1. The molecule has 1 heterocycles. The maximum Gasteiger partial charge on any atom is 0.0915 e. The maximum absolute atomic E-state index is 6.44. The normalized spacial score (nSPS) is 42.4. The number of hydrogen-bond acceptors (Lipinski definition) is 2. The monoisotopic (exact) mass is 285 g/mol. The van der Waals surface area contributed by atoms with Crippen molar-refractivity contribution >= 4 is 5.69 Å². The lowest BCUT2D eigenvalue weighted by atomic mass is 9.48. The second kappa shape index (κ2) is 4.05. The van der Waals surface area contributed by atoms with E-state index in [9.17, 15) is 0 Å². The van der Waals surface area contributed by atoms with Crippen LogP contribution < -0.4 is 5.73 Å². The van der Waals surface area contributed by atoms with Crippen molar-refractivity contribution in [3.05, 3.63) is 11.9 Å². The van der Waals surface area contributed by atoms with Crippen LogP contribution in [0.3, 0.4) is 0 Å². The second-order valence-corrected chi connectivity index (χ2v) is 8.69. The molecule has 0 radical (unpaired) electrons. The smallest absolute Gasteiger partial charge is 0.0915 e. The first-order chi connectivity index (χ1) is 10.1. The van der Waals surface area contributed by atoms with Crippen LogP contribution >= 0.6 is 0 Å². The molecule has 1 atom stereocenters. The molecule has 6 rings (SSSR count). The Hall–Kier alpha value is -0.990. The molecule has 3 heteroatoms. The van der Waals surface area contributed by atoms with E-state index < -0.39 is 0 Å². The molecule has 2 N–H and O–H groups in total. The Labute approximate surface area is 127 Å². The van der Waals surface area contributed by atoms with Crippen LogP contribution in [0.25, 0.3) is 0 Å². The van der Waals surface area contributed by atoms with E-state index in [1.807, 2.05) is 0 Å². The van der Waals surface area contributed by atoms with Gasteiger partial charge >= 0.3 is 0 Å². The van der Waals surface area contributed by atoms with Crippen molar-refractivity contribution in [2.24, 2.45) is 23.7 Å².